The summed E-state index contributed by atoms with van der Waals surface area (Å²) in [7, 11) is -1.65. The molecule has 1 N–H and O–H groups in total. The van der Waals surface area contributed by atoms with Crippen molar-refractivity contribution in [2.24, 2.45) is 0 Å². The zero-order chi connectivity index (χ0) is 13.1. The second kappa shape index (κ2) is 5.82. The molecule has 0 aliphatic carbocycles. The molecule has 102 valence electrons. The molecule has 1 rings (SSSR count). The highest BCUT2D eigenvalue weighted by molar-refractivity contribution is 6.74. The minimum Gasteiger partial charge on any atom is -0.402 e. The summed E-state index contributed by atoms with van der Waals surface area (Å²) >= 11 is 0. The van der Waals surface area contributed by atoms with E-state index in [1.165, 1.54) is 0 Å². The number of ether oxygens (including phenoxy) is 1. The molecule has 1 unspecified atom stereocenters. The fourth-order valence-corrected chi connectivity index (χ4v) is 3.15. The summed E-state index contributed by atoms with van der Waals surface area (Å²) in [6, 6.07) is 0.559. The average molecular weight is 259 g/mol. The van der Waals surface area contributed by atoms with Gasteiger partial charge in [0.05, 0.1) is 6.23 Å². The van der Waals surface area contributed by atoms with Gasteiger partial charge in [-0.1, -0.05) is 20.8 Å². The van der Waals surface area contributed by atoms with Crippen molar-refractivity contribution < 1.29 is 9.16 Å². The Balaban J connectivity index is 2.40. The van der Waals surface area contributed by atoms with Crippen molar-refractivity contribution in [2.45, 2.75) is 70.9 Å². The molecule has 1 aliphatic rings. The van der Waals surface area contributed by atoms with Gasteiger partial charge < -0.3 is 9.16 Å². The molecule has 0 aromatic heterocycles. The highest BCUT2D eigenvalue weighted by atomic mass is 28.4. The van der Waals surface area contributed by atoms with Crippen molar-refractivity contribution in [3.8, 4) is 0 Å². The number of hydrogen-bond donors (Lipinski definition) is 1. The lowest BCUT2D eigenvalue weighted by atomic mass is 10.1. The fraction of sp³-hybridized carbons (Fsp3) is 1.00. The molecule has 1 aliphatic heterocycles. The third kappa shape index (κ3) is 4.70. The van der Waals surface area contributed by atoms with Gasteiger partial charge in [-0.15, -0.1) is 0 Å². The lowest BCUT2D eigenvalue weighted by molar-refractivity contribution is 0.0570. The molecule has 17 heavy (non-hydrogen) atoms. The average Bonchev–Trinajstić information content (AvgIpc) is 2.16. The van der Waals surface area contributed by atoms with Crippen LogP contribution in [0.5, 0.6) is 0 Å². The van der Waals surface area contributed by atoms with Crippen LogP contribution in [0.2, 0.25) is 18.1 Å². The predicted molar refractivity (Wildman–Crippen MR) is 74.7 cm³/mol. The third-order valence-electron chi connectivity index (χ3n) is 3.97. The van der Waals surface area contributed by atoms with Gasteiger partial charge in [-0.05, 0) is 37.9 Å². The molecular formula is C13H29NO2Si. The van der Waals surface area contributed by atoms with Crippen molar-refractivity contribution in [1.82, 2.24) is 5.32 Å². The lowest BCUT2D eigenvalue weighted by Gasteiger charge is -2.39. The first-order valence-corrected chi connectivity index (χ1v) is 9.65. The van der Waals surface area contributed by atoms with E-state index in [-0.39, 0.29) is 11.3 Å². The molecule has 0 aromatic rings. The number of nitrogens with one attached hydrogen (secondary N) is 1. The van der Waals surface area contributed by atoms with Crippen LogP contribution in [-0.4, -0.2) is 33.8 Å². The van der Waals surface area contributed by atoms with E-state index in [0.717, 1.165) is 26.1 Å². The van der Waals surface area contributed by atoms with Gasteiger partial charge in [0.15, 0.2) is 8.32 Å². The second-order valence-corrected chi connectivity index (χ2v) is 11.3. The van der Waals surface area contributed by atoms with Crippen LogP contribution in [0.3, 0.4) is 0 Å². The van der Waals surface area contributed by atoms with Crippen molar-refractivity contribution in [3.63, 3.8) is 0 Å². The van der Waals surface area contributed by atoms with Gasteiger partial charge in [0.1, 0.15) is 0 Å². The Kier molecular flexibility index (Phi) is 5.19. The minimum atomic E-state index is -1.65. The largest absolute Gasteiger partial charge is 0.402 e. The molecule has 4 heteroatoms. The molecule has 1 heterocycles. The van der Waals surface area contributed by atoms with Gasteiger partial charge in [0.2, 0.25) is 0 Å². The Morgan fingerprint density at radius 1 is 1.24 bits per heavy atom. The summed E-state index contributed by atoms with van der Waals surface area (Å²) in [5, 5.41) is 3.86. The Morgan fingerprint density at radius 2 is 1.76 bits per heavy atom. The van der Waals surface area contributed by atoms with E-state index in [9.17, 15) is 0 Å². The summed E-state index contributed by atoms with van der Waals surface area (Å²) in [5.41, 5.74) is 0. The molecule has 0 spiro atoms. The van der Waals surface area contributed by atoms with E-state index in [4.69, 9.17) is 9.16 Å². The van der Waals surface area contributed by atoms with E-state index in [2.05, 4.69) is 46.1 Å². The van der Waals surface area contributed by atoms with Gasteiger partial charge in [-0.3, -0.25) is 5.32 Å². The van der Waals surface area contributed by atoms with Crippen LogP contribution in [0, 0.1) is 0 Å². The summed E-state index contributed by atoms with van der Waals surface area (Å²) in [5.74, 6) is 0. The summed E-state index contributed by atoms with van der Waals surface area (Å²) < 4.78 is 11.7. The quantitative estimate of drug-likeness (QED) is 0.621. The smallest absolute Gasteiger partial charge is 0.194 e. The van der Waals surface area contributed by atoms with Gasteiger partial charge in [0, 0.05) is 19.3 Å². The Labute approximate surface area is 107 Å². The monoisotopic (exact) mass is 259 g/mol. The Bertz CT molecular complexity index is 232. The predicted octanol–water partition coefficient (Wildman–Crippen LogP) is 3.12. The molecule has 0 aromatic carbocycles. The Morgan fingerprint density at radius 3 is 2.24 bits per heavy atom. The zero-order valence-corrected chi connectivity index (χ0v) is 13.3. The first-order valence-electron chi connectivity index (χ1n) is 6.74. The highest BCUT2D eigenvalue weighted by Crippen LogP contribution is 2.37. The van der Waals surface area contributed by atoms with Crippen LogP contribution in [0.15, 0.2) is 0 Å². The molecule has 0 saturated carbocycles. The number of rotatable bonds is 4. The van der Waals surface area contributed by atoms with Gasteiger partial charge in [0.25, 0.3) is 0 Å². The van der Waals surface area contributed by atoms with E-state index < -0.39 is 8.32 Å². The van der Waals surface area contributed by atoms with E-state index in [1.807, 2.05) is 0 Å². The fourth-order valence-electron chi connectivity index (χ4n) is 1.85. The van der Waals surface area contributed by atoms with Crippen molar-refractivity contribution in [3.05, 3.63) is 0 Å². The maximum atomic E-state index is 6.29. The normalized spacial score (nSPS) is 21.5. The van der Waals surface area contributed by atoms with E-state index in [1.54, 1.807) is 0 Å². The standard InChI is InChI=1S/C13H29NO2Si/c1-11(14-12-7-9-15-10-8-12)16-17(5,6)13(2,3)4/h11-12,14H,7-10H2,1-6H3. The summed E-state index contributed by atoms with van der Waals surface area (Å²) in [4.78, 5) is 0. The zero-order valence-electron chi connectivity index (χ0n) is 12.3. The van der Waals surface area contributed by atoms with Crippen molar-refractivity contribution in [1.29, 1.82) is 0 Å². The van der Waals surface area contributed by atoms with E-state index >= 15 is 0 Å². The maximum Gasteiger partial charge on any atom is 0.194 e. The molecule has 3 nitrogen and oxygen atoms in total. The summed E-state index contributed by atoms with van der Waals surface area (Å²) in [6.45, 7) is 15.3. The Hall–Kier alpha value is 0.0969. The van der Waals surface area contributed by atoms with Crippen LogP contribution in [0.1, 0.15) is 40.5 Å². The SMILES string of the molecule is CC(NC1CCOCC1)O[Si](C)(C)C(C)(C)C. The van der Waals surface area contributed by atoms with Gasteiger partial charge in [-0.2, -0.15) is 0 Å². The molecular weight excluding hydrogens is 230 g/mol. The van der Waals surface area contributed by atoms with Crippen LogP contribution >= 0.6 is 0 Å². The maximum absolute atomic E-state index is 6.29. The molecule has 0 radical (unpaired) electrons. The topological polar surface area (TPSA) is 30.5 Å². The third-order valence-corrected chi connectivity index (χ3v) is 8.52. The molecule has 1 saturated heterocycles. The van der Waals surface area contributed by atoms with Gasteiger partial charge in [-0.25, -0.2) is 0 Å². The first kappa shape index (κ1) is 15.2. The summed E-state index contributed by atoms with van der Waals surface area (Å²) in [6.07, 6.45) is 2.36. The molecule has 1 atom stereocenters. The molecule has 0 amide bonds. The van der Waals surface area contributed by atoms with Crippen molar-refractivity contribution in [2.75, 3.05) is 13.2 Å². The highest BCUT2D eigenvalue weighted by Gasteiger charge is 2.38. The van der Waals surface area contributed by atoms with Crippen LogP contribution < -0.4 is 5.32 Å². The lowest BCUT2D eigenvalue weighted by Crippen LogP contribution is -2.50. The van der Waals surface area contributed by atoms with Crippen LogP contribution in [0.4, 0.5) is 0 Å². The second-order valence-electron chi connectivity index (χ2n) is 6.57. The van der Waals surface area contributed by atoms with E-state index in [0.29, 0.717) is 6.04 Å². The number of hydrogen-bond acceptors (Lipinski definition) is 3. The molecule has 0 bridgehead atoms. The van der Waals surface area contributed by atoms with Crippen molar-refractivity contribution >= 4 is 8.32 Å². The van der Waals surface area contributed by atoms with Crippen LogP contribution in [0.25, 0.3) is 0 Å². The minimum absolute atomic E-state index is 0.152. The van der Waals surface area contributed by atoms with Gasteiger partial charge >= 0.3 is 0 Å². The van der Waals surface area contributed by atoms with Crippen LogP contribution in [-0.2, 0) is 9.16 Å². The first-order chi connectivity index (χ1) is 7.72. The molecule has 1 fully saturated rings.